The highest BCUT2D eigenvalue weighted by Crippen LogP contribution is 2.37. The summed E-state index contributed by atoms with van der Waals surface area (Å²) in [6.07, 6.45) is 3.72. The lowest BCUT2D eigenvalue weighted by Gasteiger charge is -2.26. The van der Waals surface area contributed by atoms with E-state index in [9.17, 15) is 0 Å². The Kier molecular flexibility index (Phi) is 4.26. The van der Waals surface area contributed by atoms with Gasteiger partial charge in [-0.05, 0) is 32.4 Å². The van der Waals surface area contributed by atoms with E-state index in [-0.39, 0.29) is 0 Å². The fourth-order valence-corrected chi connectivity index (χ4v) is 2.38. The molecule has 1 saturated heterocycles. The molecule has 1 atom stereocenters. The summed E-state index contributed by atoms with van der Waals surface area (Å²) in [6.45, 7) is 3.76. The van der Waals surface area contributed by atoms with Crippen LogP contribution in [-0.2, 0) is 0 Å². The molecule has 1 N–H and O–H groups in total. The standard InChI is InChI=1S/C14H21NO2/c1-3-17-14-11(7-6-9-13(14)16-2)12-8-4-5-10-15-12/h6-7,9,12,15H,3-5,8,10H2,1-2H3. The maximum atomic E-state index is 5.75. The molecule has 3 heteroatoms. The van der Waals surface area contributed by atoms with E-state index in [1.807, 2.05) is 19.1 Å². The molecule has 3 nitrogen and oxygen atoms in total. The Morgan fingerprint density at radius 3 is 2.88 bits per heavy atom. The van der Waals surface area contributed by atoms with Gasteiger partial charge in [0, 0.05) is 11.6 Å². The summed E-state index contributed by atoms with van der Waals surface area (Å²) in [5.74, 6) is 1.73. The second kappa shape index (κ2) is 5.92. The molecule has 1 aliphatic heterocycles. The molecular weight excluding hydrogens is 214 g/mol. The van der Waals surface area contributed by atoms with Gasteiger partial charge in [-0.3, -0.25) is 0 Å². The van der Waals surface area contributed by atoms with Gasteiger partial charge in [0.25, 0.3) is 0 Å². The second-order valence-corrected chi connectivity index (χ2v) is 4.31. The van der Waals surface area contributed by atoms with Crippen molar-refractivity contribution in [3.8, 4) is 11.5 Å². The van der Waals surface area contributed by atoms with Crippen molar-refractivity contribution < 1.29 is 9.47 Å². The summed E-state index contributed by atoms with van der Waals surface area (Å²) in [4.78, 5) is 0. The first-order chi connectivity index (χ1) is 8.36. The quantitative estimate of drug-likeness (QED) is 0.870. The fourth-order valence-electron chi connectivity index (χ4n) is 2.38. The van der Waals surface area contributed by atoms with Crippen molar-refractivity contribution in [3.05, 3.63) is 23.8 Å². The van der Waals surface area contributed by atoms with Crippen LogP contribution in [0.5, 0.6) is 11.5 Å². The van der Waals surface area contributed by atoms with Crippen molar-refractivity contribution in [2.45, 2.75) is 32.2 Å². The summed E-state index contributed by atoms with van der Waals surface area (Å²) >= 11 is 0. The molecule has 0 saturated carbocycles. The van der Waals surface area contributed by atoms with E-state index in [1.165, 1.54) is 24.8 Å². The first-order valence-corrected chi connectivity index (χ1v) is 6.40. The van der Waals surface area contributed by atoms with E-state index in [0.717, 1.165) is 18.0 Å². The van der Waals surface area contributed by atoms with Crippen LogP contribution in [0.4, 0.5) is 0 Å². The zero-order valence-electron chi connectivity index (χ0n) is 10.7. The third kappa shape index (κ3) is 2.72. The van der Waals surface area contributed by atoms with Crippen LogP contribution >= 0.6 is 0 Å². The third-order valence-electron chi connectivity index (χ3n) is 3.20. The molecule has 1 aliphatic rings. The highest BCUT2D eigenvalue weighted by molar-refractivity contribution is 5.48. The number of rotatable bonds is 4. The SMILES string of the molecule is CCOc1c(OC)cccc1C1CCCCN1. The van der Waals surface area contributed by atoms with Crippen LogP contribution in [0.3, 0.4) is 0 Å². The molecule has 0 aliphatic carbocycles. The highest BCUT2D eigenvalue weighted by Gasteiger charge is 2.20. The van der Waals surface area contributed by atoms with Gasteiger partial charge < -0.3 is 14.8 Å². The average molecular weight is 235 g/mol. The monoisotopic (exact) mass is 235 g/mol. The maximum Gasteiger partial charge on any atom is 0.165 e. The van der Waals surface area contributed by atoms with Gasteiger partial charge in [-0.25, -0.2) is 0 Å². The first-order valence-electron chi connectivity index (χ1n) is 6.40. The number of ether oxygens (including phenoxy) is 2. The third-order valence-corrected chi connectivity index (χ3v) is 3.20. The van der Waals surface area contributed by atoms with Gasteiger partial charge in [-0.1, -0.05) is 18.6 Å². The molecule has 1 aromatic rings. The average Bonchev–Trinajstić information content (AvgIpc) is 2.40. The Morgan fingerprint density at radius 1 is 1.35 bits per heavy atom. The van der Waals surface area contributed by atoms with Gasteiger partial charge >= 0.3 is 0 Å². The number of piperidine rings is 1. The van der Waals surface area contributed by atoms with E-state index < -0.39 is 0 Å². The zero-order valence-corrected chi connectivity index (χ0v) is 10.7. The molecule has 1 fully saturated rings. The Labute approximate surface area is 103 Å². The first kappa shape index (κ1) is 12.2. The van der Waals surface area contributed by atoms with Gasteiger partial charge in [0.1, 0.15) is 0 Å². The van der Waals surface area contributed by atoms with Crippen molar-refractivity contribution >= 4 is 0 Å². The molecule has 1 heterocycles. The number of benzene rings is 1. The summed E-state index contributed by atoms with van der Waals surface area (Å²) in [5, 5.41) is 3.55. The number of methoxy groups -OCH3 is 1. The summed E-state index contributed by atoms with van der Waals surface area (Å²) in [5.41, 5.74) is 1.23. The van der Waals surface area contributed by atoms with E-state index in [4.69, 9.17) is 9.47 Å². The Bertz CT molecular complexity index is 359. The molecular formula is C14H21NO2. The van der Waals surface area contributed by atoms with Crippen LogP contribution in [0.1, 0.15) is 37.8 Å². The van der Waals surface area contributed by atoms with Gasteiger partial charge in [-0.2, -0.15) is 0 Å². The number of para-hydroxylation sites is 1. The maximum absolute atomic E-state index is 5.75. The topological polar surface area (TPSA) is 30.5 Å². The Hall–Kier alpha value is -1.22. The van der Waals surface area contributed by atoms with Crippen molar-refractivity contribution in [2.75, 3.05) is 20.3 Å². The number of hydrogen-bond acceptors (Lipinski definition) is 3. The predicted molar refractivity (Wildman–Crippen MR) is 68.8 cm³/mol. The van der Waals surface area contributed by atoms with Gasteiger partial charge in [0.15, 0.2) is 11.5 Å². The lowest BCUT2D eigenvalue weighted by molar-refractivity contribution is 0.299. The smallest absolute Gasteiger partial charge is 0.165 e. The molecule has 0 spiro atoms. The van der Waals surface area contributed by atoms with Crippen LogP contribution in [-0.4, -0.2) is 20.3 Å². The molecule has 0 radical (unpaired) electrons. The Balaban J connectivity index is 2.30. The van der Waals surface area contributed by atoms with Crippen LogP contribution in [0.25, 0.3) is 0 Å². The van der Waals surface area contributed by atoms with Crippen LogP contribution in [0, 0.1) is 0 Å². The normalized spacial score (nSPS) is 20.0. The van der Waals surface area contributed by atoms with Crippen molar-refractivity contribution in [3.63, 3.8) is 0 Å². The molecule has 94 valence electrons. The van der Waals surface area contributed by atoms with Crippen LogP contribution < -0.4 is 14.8 Å². The van der Waals surface area contributed by atoms with Gasteiger partial charge in [0.05, 0.1) is 13.7 Å². The molecule has 0 bridgehead atoms. The summed E-state index contributed by atoms with van der Waals surface area (Å²) < 4.78 is 11.1. The summed E-state index contributed by atoms with van der Waals surface area (Å²) in [7, 11) is 1.69. The van der Waals surface area contributed by atoms with Crippen LogP contribution in [0.15, 0.2) is 18.2 Å². The van der Waals surface area contributed by atoms with Crippen LogP contribution in [0.2, 0.25) is 0 Å². The molecule has 2 rings (SSSR count). The minimum atomic E-state index is 0.403. The lowest BCUT2D eigenvalue weighted by Crippen LogP contribution is -2.27. The zero-order chi connectivity index (χ0) is 12.1. The lowest BCUT2D eigenvalue weighted by atomic mass is 9.96. The van der Waals surface area contributed by atoms with E-state index in [1.54, 1.807) is 7.11 Å². The molecule has 0 aromatic heterocycles. The van der Waals surface area contributed by atoms with E-state index >= 15 is 0 Å². The molecule has 1 unspecified atom stereocenters. The predicted octanol–water partition coefficient (Wildman–Crippen LogP) is 2.91. The highest BCUT2D eigenvalue weighted by atomic mass is 16.5. The minimum Gasteiger partial charge on any atom is -0.493 e. The fraction of sp³-hybridized carbons (Fsp3) is 0.571. The Morgan fingerprint density at radius 2 is 2.24 bits per heavy atom. The minimum absolute atomic E-state index is 0.403. The van der Waals surface area contributed by atoms with E-state index in [2.05, 4.69) is 11.4 Å². The molecule has 0 amide bonds. The molecule has 17 heavy (non-hydrogen) atoms. The van der Waals surface area contributed by atoms with E-state index in [0.29, 0.717) is 12.6 Å². The van der Waals surface area contributed by atoms with Crippen molar-refractivity contribution in [1.82, 2.24) is 5.32 Å². The number of hydrogen-bond donors (Lipinski definition) is 1. The van der Waals surface area contributed by atoms with Crippen molar-refractivity contribution in [1.29, 1.82) is 0 Å². The van der Waals surface area contributed by atoms with Crippen molar-refractivity contribution in [2.24, 2.45) is 0 Å². The largest absolute Gasteiger partial charge is 0.493 e. The van der Waals surface area contributed by atoms with Gasteiger partial charge in [0.2, 0.25) is 0 Å². The van der Waals surface area contributed by atoms with Gasteiger partial charge in [-0.15, -0.1) is 0 Å². The number of nitrogens with one attached hydrogen (secondary N) is 1. The summed E-state index contributed by atoms with van der Waals surface area (Å²) in [6, 6.07) is 6.53. The molecule has 1 aromatic carbocycles. The second-order valence-electron chi connectivity index (χ2n) is 4.31.